The van der Waals surface area contributed by atoms with Gasteiger partial charge in [-0.25, -0.2) is 12.7 Å². The fourth-order valence-electron chi connectivity index (χ4n) is 1.89. The van der Waals surface area contributed by atoms with E-state index in [0.717, 1.165) is 9.87 Å². The SMILES string of the molecule is CC(NC(=O)c1cccc(S(=O)(=O)N(C)C)c1)c1ccoc1. The highest BCUT2D eigenvalue weighted by atomic mass is 32.2. The molecule has 0 aliphatic heterocycles. The summed E-state index contributed by atoms with van der Waals surface area (Å²) in [6.07, 6.45) is 3.08. The molecule has 7 heteroatoms. The predicted molar refractivity (Wildman–Crippen MR) is 81.9 cm³/mol. The lowest BCUT2D eigenvalue weighted by molar-refractivity contribution is 0.0939. The molecule has 1 atom stereocenters. The molecule has 1 amide bonds. The van der Waals surface area contributed by atoms with Crippen LogP contribution in [0.2, 0.25) is 0 Å². The smallest absolute Gasteiger partial charge is 0.251 e. The highest BCUT2D eigenvalue weighted by Crippen LogP contribution is 2.17. The van der Waals surface area contributed by atoms with Gasteiger partial charge in [0.1, 0.15) is 0 Å². The van der Waals surface area contributed by atoms with Crippen LogP contribution in [0.15, 0.2) is 52.2 Å². The second-order valence-corrected chi connectivity index (χ2v) is 7.22. The Bertz CT molecular complexity index is 752. The molecule has 0 radical (unpaired) electrons. The lowest BCUT2D eigenvalue weighted by Gasteiger charge is -2.14. The molecule has 2 rings (SSSR count). The molecule has 0 saturated heterocycles. The summed E-state index contributed by atoms with van der Waals surface area (Å²) in [5.41, 5.74) is 1.13. The molecule has 6 nitrogen and oxygen atoms in total. The molecule has 22 heavy (non-hydrogen) atoms. The minimum atomic E-state index is -3.57. The van der Waals surface area contributed by atoms with Crippen LogP contribution in [-0.4, -0.2) is 32.7 Å². The van der Waals surface area contributed by atoms with Crippen LogP contribution in [0.25, 0.3) is 0 Å². The monoisotopic (exact) mass is 322 g/mol. The van der Waals surface area contributed by atoms with Crippen LogP contribution in [0, 0.1) is 0 Å². The average Bonchev–Trinajstić information content (AvgIpc) is 3.01. The van der Waals surface area contributed by atoms with Crippen LogP contribution in [0.5, 0.6) is 0 Å². The average molecular weight is 322 g/mol. The topological polar surface area (TPSA) is 79.6 Å². The molecule has 1 unspecified atom stereocenters. The van der Waals surface area contributed by atoms with E-state index in [4.69, 9.17) is 4.42 Å². The lowest BCUT2D eigenvalue weighted by atomic mass is 10.1. The van der Waals surface area contributed by atoms with Gasteiger partial charge >= 0.3 is 0 Å². The van der Waals surface area contributed by atoms with Crippen LogP contribution < -0.4 is 5.32 Å². The Hall–Kier alpha value is -2.12. The summed E-state index contributed by atoms with van der Waals surface area (Å²) < 4.78 is 30.3. The van der Waals surface area contributed by atoms with Gasteiger partial charge in [-0.05, 0) is 31.2 Å². The van der Waals surface area contributed by atoms with E-state index in [9.17, 15) is 13.2 Å². The van der Waals surface area contributed by atoms with E-state index in [1.54, 1.807) is 24.5 Å². The van der Waals surface area contributed by atoms with Crippen molar-refractivity contribution in [2.75, 3.05) is 14.1 Å². The summed E-state index contributed by atoms with van der Waals surface area (Å²) in [5, 5.41) is 2.80. The van der Waals surface area contributed by atoms with Gasteiger partial charge in [0.25, 0.3) is 5.91 Å². The molecule has 0 saturated carbocycles. The maximum absolute atomic E-state index is 12.2. The highest BCUT2D eigenvalue weighted by Gasteiger charge is 2.19. The highest BCUT2D eigenvalue weighted by molar-refractivity contribution is 7.89. The van der Waals surface area contributed by atoms with Gasteiger partial charge in [0.05, 0.1) is 23.5 Å². The number of amides is 1. The Morgan fingerprint density at radius 2 is 2.00 bits per heavy atom. The van der Waals surface area contributed by atoms with Gasteiger partial charge in [-0.15, -0.1) is 0 Å². The van der Waals surface area contributed by atoms with Gasteiger partial charge in [0.15, 0.2) is 0 Å². The molecule has 1 aromatic heterocycles. The quantitative estimate of drug-likeness (QED) is 0.913. The summed E-state index contributed by atoms with van der Waals surface area (Å²) in [4.78, 5) is 12.3. The Morgan fingerprint density at radius 3 is 2.59 bits per heavy atom. The van der Waals surface area contributed by atoms with Crippen LogP contribution in [0.1, 0.15) is 28.9 Å². The summed E-state index contributed by atoms with van der Waals surface area (Å²) in [5.74, 6) is -0.343. The van der Waals surface area contributed by atoms with Gasteiger partial charge in [0.2, 0.25) is 10.0 Å². The number of hydrogen-bond acceptors (Lipinski definition) is 4. The molecule has 0 bridgehead atoms. The lowest BCUT2D eigenvalue weighted by Crippen LogP contribution is -2.27. The molecule has 1 N–H and O–H groups in total. The van der Waals surface area contributed by atoms with E-state index in [2.05, 4.69) is 5.32 Å². The fourth-order valence-corrected chi connectivity index (χ4v) is 2.84. The van der Waals surface area contributed by atoms with E-state index < -0.39 is 10.0 Å². The molecule has 0 aliphatic rings. The normalized spacial score (nSPS) is 13.1. The van der Waals surface area contributed by atoms with Gasteiger partial charge in [-0.3, -0.25) is 4.79 Å². The van der Waals surface area contributed by atoms with Crippen molar-refractivity contribution in [3.63, 3.8) is 0 Å². The first-order valence-corrected chi connectivity index (χ1v) is 8.12. The number of furan rings is 1. The van der Waals surface area contributed by atoms with E-state index >= 15 is 0 Å². The first kappa shape index (κ1) is 16.3. The minimum Gasteiger partial charge on any atom is -0.472 e. The van der Waals surface area contributed by atoms with Crippen molar-refractivity contribution in [2.24, 2.45) is 0 Å². The standard InChI is InChI=1S/C15H18N2O4S/c1-11(13-7-8-21-10-13)16-15(18)12-5-4-6-14(9-12)22(19,20)17(2)3/h4-11H,1-3H3,(H,16,18). The van der Waals surface area contributed by atoms with Crippen molar-refractivity contribution in [3.05, 3.63) is 54.0 Å². The number of sulfonamides is 1. The number of carbonyl (C=O) groups is 1. The number of hydrogen-bond donors (Lipinski definition) is 1. The number of carbonyl (C=O) groups excluding carboxylic acids is 1. The summed E-state index contributed by atoms with van der Waals surface area (Å²) in [6.45, 7) is 1.82. The number of benzene rings is 1. The van der Waals surface area contributed by atoms with Crippen LogP contribution in [-0.2, 0) is 10.0 Å². The first-order chi connectivity index (χ1) is 10.3. The van der Waals surface area contributed by atoms with Crippen molar-refractivity contribution < 1.29 is 17.6 Å². The third kappa shape index (κ3) is 3.37. The fraction of sp³-hybridized carbons (Fsp3) is 0.267. The van der Waals surface area contributed by atoms with Crippen molar-refractivity contribution in [3.8, 4) is 0 Å². The molecular weight excluding hydrogens is 304 g/mol. The largest absolute Gasteiger partial charge is 0.472 e. The van der Waals surface area contributed by atoms with Crippen molar-refractivity contribution in [1.29, 1.82) is 0 Å². The van der Waals surface area contributed by atoms with Gasteiger partial charge in [-0.2, -0.15) is 0 Å². The van der Waals surface area contributed by atoms with Gasteiger partial charge < -0.3 is 9.73 Å². The van der Waals surface area contributed by atoms with E-state index in [1.165, 1.54) is 32.5 Å². The summed E-state index contributed by atoms with van der Waals surface area (Å²) >= 11 is 0. The van der Waals surface area contributed by atoms with Crippen LogP contribution >= 0.6 is 0 Å². The second-order valence-electron chi connectivity index (χ2n) is 5.07. The van der Waals surface area contributed by atoms with Gasteiger partial charge in [-0.1, -0.05) is 6.07 Å². The maximum atomic E-state index is 12.2. The molecule has 1 aromatic carbocycles. The Labute approximate surface area is 129 Å². The predicted octanol–water partition coefficient (Wildman–Crippen LogP) is 2.02. The van der Waals surface area contributed by atoms with Crippen molar-refractivity contribution >= 4 is 15.9 Å². The summed E-state index contributed by atoms with van der Waals surface area (Å²) in [6, 6.07) is 7.48. The summed E-state index contributed by atoms with van der Waals surface area (Å²) in [7, 11) is -0.671. The van der Waals surface area contributed by atoms with E-state index in [0.29, 0.717) is 5.56 Å². The van der Waals surface area contributed by atoms with E-state index in [1.807, 2.05) is 6.92 Å². The zero-order valence-corrected chi connectivity index (χ0v) is 13.4. The molecule has 0 spiro atoms. The van der Waals surface area contributed by atoms with Crippen LogP contribution in [0.4, 0.5) is 0 Å². The Morgan fingerprint density at radius 1 is 1.27 bits per heavy atom. The zero-order chi connectivity index (χ0) is 16.3. The zero-order valence-electron chi connectivity index (χ0n) is 12.6. The van der Waals surface area contributed by atoms with Gasteiger partial charge in [0, 0.05) is 25.2 Å². The van der Waals surface area contributed by atoms with E-state index in [-0.39, 0.29) is 16.8 Å². The maximum Gasteiger partial charge on any atom is 0.251 e. The minimum absolute atomic E-state index is 0.0844. The van der Waals surface area contributed by atoms with Crippen molar-refractivity contribution in [2.45, 2.75) is 17.9 Å². The molecule has 1 heterocycles. The first-order valence-electron chi connectivity index (χ1n) is 6.68. The number of nitrogens with zero attached hydrogens (tertiary/aromatic N) is 1. The number of nitrogens with one attached hydrogen (secondary N) is 1. The third-order valence-corrected chi connectivity index (χ3v) is 5.08. The molecular formula is C15H18N2O4S. The molecule has 2 aromatic rings. The molecule has 0 aliphatic carbocycles. The second kappa shape index (κ2) is 6.33. The number of rotatable bonds is 5. The Balaban J connectivity index is 2.21. The third-order valence-electron chi connectivity index (χ3n) is 3.27. The van der Waals surface area contributed by atoms with Crippen molar-refractivity contribution in [1.82, 2.24) is 9.62 Å². The molecule has 118 valence electrons. The molecule has 0 fully saturated rings. The van der Waals surface area contributed by atoms with Crippen LogP contribution in [0.3, 0.4) is 0 Å². The Kier molecular flexibility index (Phi) is 4.68.